The van der Waals surface area contributed by atoms with Crippen LogP contribution in [-0.4, -0.2) is 42.6 Å². The Morgan fingerprint density at radius 3 is 2.82 bits per heavy atom. The molecule has 0 atom stereocenters. The SMILES string of the molecule is O=C(CNc1ccccc1OC1CCCC1)N1CCNC1=O. The number of urea groups is 1. The molecule has 1 aliphatic carbocycles. The monoisotopic (exact) mass is 303 g/mol. The van der Waals surface area contributed by atoms with Gasteiger partial charge in [0, 0.05) is 13.1 Å². The Morgan fingerprint density at radius 1 is 1.32 bits per heavy atom. The molecular weight excluding hydrogens is 282 g/mol. The van der Waals surface area contributed by atoms with Crippen molar-refractivity contribution in [2.24, 2.45) is 0 Å². The van der Waals surface area contributed by atoms with Gasteiger partial charge in [0.2, 0.25) is 5.91 Å². The summed E-state index contributed by atoms with van der Waals surface area (Å²) in [7, 11) is 0. The number of hydrogen-bond donors (Lipinski definition) is 2. The van der Waals surface area contributed by atoms with Crippen LogP contribution >= 0.6 is 0 Å². The third-order valence-corrected chi connectivity index (χ3v) is 4.07. The lowest BCUT2D eigenvalue weighted by atomic mass is 10.2. The Labute approximate surface area is 129 Å². The summed E-state index contributed by atoms with van der Waals surface area (Å²) in [6.45, 7) is 1.03. The van der Waals surface area contributed by atoms with Crippen LogP contribution in [0.2, 0.25) is 0 Å². The van der Waals surface area contributed by atoms with Gasteiger partial charge in [-0.15, -0.1) is 0 Å². The van der Waals surface area contributed by atoms with Gasteiger partial charge in [-0.1, -0.05) is 12.1 Å². The van der Waals surface area contributed by atoms with E-state index in [1.165, 1.54) is 17.7 Å². The number of benzene rings is 1. The molecule has 0 spiro atoms. The molecule has 0 unspecified atom stereocenters. The van der Waals surface area contributed by atoms with Gasteiger partial charge in [0.15, 0.2) is 0 Å². The highest BCUT2D eigenvalue weighted by Crippen LogP contribution is 2.29. The first-order valence-corrected chi connectivity index (χ1v) is 7.82. The zero-order valence-electron chi connectivity index (χ0n) is 12.5. The molecule has 3 amide bonds. The molecule has 1 heterocycles. The van der Waals surface area contributed by atoms with E-state index in [1.807, 2.05) is 24.3 Å². The van der Waals surface area contributed by atoms with Crippen LogP contribution in [0.5, 0.6) is 5.75 Å². The normalized spacial score (nSPS) is 18.4. The Morgan fingerprint density at radius 2 is 2.09 bits per heavy atom. The predicted octanol–water partition coefficient (Wildman–Crippen LogP) is 1.97. The van der Waals surface area contributed by atoms with Crippen LogP contribution in [0.25, 0.3) is 0 Å². The van der Waals surface area contributed by atoms with Crippen molar-refractivity contribution < 1.29 is 14.3 Å². The minimum Gasteiger partial charge on any atom is -0.488 e. The number of amides is 3. The smallest absolute Gasteiger partial charge is 0.324 e. The van der Waals surface area contributed by atoms with Crippen molar-refractivity contribution in [3.8, 4) is 5.75 Å². The molecular formula is C16H21N3O3. The van der Waals surface area contributed by atoms with Crippen molar-refractivity contribution in [1.82, 2.24) is 10.2 Å². The molecule has 1 saturated carbocycles. The van der Waals surface area contributed by atoms with Crippen LogP contribution in [0.15, 0.2) is 24.3 Å². The van der Waals surface area contributed by atoms with Crippen LogP contribution in [-0.2, 0) is 4.79 Å². The van der Waals surface area contributed by atoms with Gasteiger partial charge in [0.05, 0.1) is 18.3 Å². The van der Waals surface area contributed by atoms with Crippen molar-refractivity contribution in [3.63, 3.8) is 0 Å². The van der Waals surface area contributed by atoms with E-state index < -0.39 is 0 Å². The van der Waals surface area contributed by atoms with Crippen molar-refractivity contribution in [2.75, 3.05) is 25.0 Å². The molecule has 22 heavy (non-hydrogen) atoms. The Balaban J connectivity index is 1.59. The first-order chi connectivity index (χ1) is 10.7. The number of carbonyl (C=O) groups is 2. The van der Waals surface area contributed by atoms with Gasteiger partial charge >= 0.3 is 6.03 Å². The molecule has 0 bridgehead atoms. The number of hydrogen-bond acceptors (Lipinski definition) is 4. The molecule has 3 rings (SSSR count). The fourth-order valence-electron chi connectivity index (χ4n) is 2.88. The minimum atomic E-state index is -0.317. The quantitative estimate of drug-likeness (QED) is 0.872. The summed E-state index contributed by atoms with van der Waals surface area (Å²) in [5.41, 5.74) is 0.794. The summed E-state index contributed by atoms with van der Waals surface area (Å²) < 4.78 is 6.02. The largest absolute Gasteiger partial charge is 0.488 e. The lowest BCUT2D eigenvalue weighted by Gasteiger charge is -2.18. The summed E-state index contributed by atoms with van der Waals surface area (Å²) in [4.78, 5) is 24.7. The number of anilines is 1. The summed E-state index contributed by atoms with van der Waals surface area (Å²) in [6, 6.07) is 7.31. The summed E-state index contributed by atoms with van der Waals surface area (Å²) in [5, 5.41) is 5.71. The number of rotatable bonds is 5. The third-order valence-electron chi connectivity index (χ3n) is 4.07. The summed E-state index contributed by atoms with van der Waals surface area (Å²) in [6.07, 6.45) is 4.86. The van der Waals surface area contributed by atoms with Gasteiger partial charge in [-0.25, -0.2) is 4.79 Å². The maximum atomic E-state index is 12.0. The molecule has 1 saturated heterocycles. The lowest BCUT2D eigenvalue weighted by molar-refractivity contribution is -0.125. The van der Waals surface area contributed by atoms with E-state index in [0.717, 1.165) is 24.3 Å². The average Bonchev–Trinajstić information content (AvgIpc) is 3.17. The highest BCUT2D eigenvalue weighted by atomic mass is 16.5. The average molecular weight is 303 g/mol. The number of nitrogens with zero attached hydrogens (tertiary/aromatic N) is 1. The fraction of sp³-hybridized carbons (Fsp3) is 0.500. The van der Waals surface area contributed by atoms with E-state index in [-0.39, 0.29) is 24.6 Å². The van der Waals surface area contributed by atoms with Crippen LogP contribution in [0, 0.1) is 0 Å². The minimum absolute atomic E-state index is 0.0818. The molecule has 1 aromatic rings. The van der Waals surface area contributed by atoms with Crippen LogP contribution in [0.4, 0.5) is 10.5 Å². The molecule has 1 aromatic carbocycles. The van der Waals surface area contributed by atoms with E-state index in [4.69, 9.17) is 4.74 Å². The lowest BCUT2D eigenvalue weighted by Crippen LogP contribution is -2.38. The molecule has 2 N–H and O–H groups in total. The van der Waals surface area contributed by atoms with Gasteiger partial charge in [-0.05, 0) is 37.8 Å². The highest BCUT2D eigenvalue weighted by molar-refractivity contribution is 5.97. The second-order valence-corrected chi connectivity index (χ2v) is 5.65. The standard InChI is InChI=1S/C16H21N3O3/c20-15(19-10-9-17-16(19)21)11-18-13-7-3-4-8-14(13)22-12-5-1-2-6-12/h3-4,7-8,12,18H,1-2,5-6,9-11H2,(H,17,21). The zero-order chi connectivity index (χ0) is 15.4. The number of para-hydroxylation sites is 2. The Hall–Kier alpha value is -2.24. The van der Waals surface area contributed by atoms with Crippen molar-refractivity contribution in [3.05, 3.63) is 24.3 Å². The number of nitrogens with one attached hydrogen (secondary N) is 2. The van der Waals surface area contributed by atoms with Crippen molar-refractivity contribution >= 4 is 17.6 Å². The molecule has 2 aliphatic rings. The fourth-order valence-corrected chi connectivity index (χ4v) is 2.88. The summed E-state index contributed by atoms with van der Waals surface area (Å²) in [5.74, 6) is 0.541. The van der Waals surface area contributed by atoms with Crippen LogP contribution in [0.3, 0.4) is 0 Å². The van der Waals surface area contributed by atoms with E-state index >= 15 is 0 Å². The first kappa shape index (κ1) is 14.7. The topological polar surface area (TPSA) is 70.7 Å². The molecule has 1 aliphatic heterocycles. The van der Waals surface area contributed by atoms with E-state index in [2.05, 4.69) is 10.6 Å². The molecule has 6 nitrogen and oxygen atoms in total. The van der Waals surface area contributed by atoms with Gasteiger partial charge < -0.3 is 15.4 Å². The van der Waals surface area contributed by atoms with Crippen LogP contribution in [0.1, 0.15) is 25.7 Å². The van der Waals surface area contributed by atoms with Crippen molar-refractivity contribution in [2.45, 2.75) is 31.8 Å². The first-order valence-electron chi connectivity index (χ1n) is 7.82. The number of carbonyl (C=O) groups excluding carboxylic acids is 2. The van der Waals surface area contributed by atoms with Crippen molar-refractivity contribution in [1.29, 1.82) is 0 Å². The van der Waals surface area contributed by atoms with E-state index in [0.29, 0.717) is 13.1 Å². The zero-order valence-corrected chi connectivity index (χ0v) is 12.5. The summed E-state index contributed by atoms with van der Waals surface area (Å²) >= 11 is 0. The molecule has 0 radical (unpaired) electrons. The van der Waals surface area contributed by atoms with Crippen LogP contribution < -0.4 is 15.4 Å². The van der Waals surface area contributed by atoms with E-state index in [1.54, 1.807) is 0 Å². The maximum Gasteiger partial charge on any atom is 0.324 e. The highest BCUT2D eigenvalue weighted by Gasteiger charge is 2.26. The van der Waals surface area contributed by atoms with Gasteiger partial charge in [-0.2, -0.15) is 0 Å². The van der Waals surface area contributed by atoms with E-state index in [9.17, 15) is 9.59 Å². The number of ether oxygens (including phenoxy) is 1. The van der Waals surface area contributed by atoms with Gasteiger partial charge in [0.1, 0.15) is 5.75 Å². The Kier molecular flexibility index (Phi) is 4.46. The Bertz CT molecular complexity index is 555. The van der Waals surface area contributed by atoms with Gasteiger partial charge in [-0.3, -0.25) is 9.69 Å². The molecule has 118 valence electrons. The second kappa shape index (κ2) is 6.68. The predicted molar refractivity (Wildman–Crippen MR) is 82.9 cm³/mol. The second-order valence-electron chi connectivity index (χ2n) is 5.65. The van der Waals surface area contributed by atoms with Gasteiger partial charge in [0.25, 0.3) is 0 Å². The molecule has 2 fully saturated rings. The molecule has 0 aromatic heterocycles. The third kappa shape index (κ3) is 3.32. The molecule has 6 heteroatoms. The maximum absolute atomic E-state index is 12.0. The number of imide groups is 1.